The summed E-state index contributed by atoms with van der Waals surface area (Å²) in [7, 11) is 1.61. The SMILES string of the molecule is CC[C@H](Oc1ccc(OC)cc1)C(=O)NCCOc1cccc(C)c1. The van der Waals surface area contributed by atoms with Crippen LogP contribution >= 0.6 is 0 Å². The third-order valence-electron chi connectivity index (χ3n) is 3.66. The molecule has 0 saturated carbocycles. The van der Waals surface area contributed by atoms with Gasteiger partial charge in [-0.3, -0.25) is 4.79 Å². The Hall–Kier alpha value is -2.69. The van der Waals surface area contributed by atoms with Gasteiger partial charge in [0.15, 0.2) is 6.10 Å². The molecule has 0 unspecified atom stereocenters. The number of hydrogen-bond donors (Lipinski definition) is 1. The Morgan fingerprint density at radius 3 is 2.44 bits per heavy atom. The second kappa shape index (κ2) is 9.57. The summed E-state index contributed by atoms with van der Waals surface area (Å²) in [6, 6.07) is 15.0. The largest absolute Gasteiger partial charge is 0.497 e. The summed E-state index contributed by atoms with van der Waals surface area (Å²) in [6.45, 7) is 4.76. The molecular formula is C20H25NO4. The molecule has 0 spiro atoms. The predicted octanol–water partition coefficient (Wildman–Crippen LogP) is 3.36. The zero-order chi connectivity index (χ0) is 18.1. The van der Waals surface area contributed by atoms with E-state index in [1.807, 2.05) is 38.1 Å². The second-order valence-electron chi connectivity index (χ2n) is 5.65. The molecule has 2 aromatic carbocycles. The van der Waals surface area contributed by atoms with E-state index in [9.17, 15) is 4.79 Å². The third kappa shape index (κ3) is 6.03. The molecule has 5 nitrogen and oxygen atoms in total. The molecule has 2 rings (SSSR count). The highest BCUT2D eigenvalue weighted by molar-refractivity contribution is 5.81. The number of rotatable bonds is 9. The Balaban J connectivity index is 1.77. The average Bonchev–Trinajstić information content (AvgIpc) is 2.63. The maximum Gasteiger partial charge on any atom is 0.261 e. The molecule has 0 bridgehead atoms. The van der Waals surface area contributed by atoms with Crippen LogP contribution in [-0.2, 0) is 4.79 Å². The van der Waals surface area contributed by atoms with Crippen molar-refractivity contribution in [3.8, 4) is 17.2 Å². The molecule has 0 aliphatic rings. The van der Waals surface area contributed by atoms with Crippen molar-refractivity contribution in [3.63, 3.8) is 0 Å². The molecule has 0 aromatic heterocycles. The quantitative estimate of drug-likeness (QED) is 0.710. The van der Waals surface area contributed by atoms with E-state index in [0.29, 0.717) is 25.3 Å². The lowest BCUT2D eigenvalue weighted by molar-refractivity contribution is -0.128. The first kappa shape index (κ1) is 18.6. The Bertz CT molecular complexity index is 670. The summed E-state index contributed by atoms with van der Waals surface area (Å²) in [5.74, 6) is 2.04. The summed E-state index contributed by atoms with van der Waals surface area (Å²) in [5, 5.41) is 2.85. The number of benzene rings is 2. The van der Waals surface area contributed by atoms with Crippen LogP contribution in [0.3, 0.4) is 0 Å². The minimum atomic E-state index is -0.535. The molecule has 0 aliphatic carbocycles. The van der Waals surface area contributed by atoms with Crippen LogP contribution in [-0.4, -0.2) is 32.3 Å². The van der Waals surface area contributed by atoms with Crippen molar-refractivity contribution >= 4 is 5.91 Å². The average molecular weight is 343 g/mol. The van der Waals surface area contributed by atoms with E-state index >= 15 is 0 Å². The summed E-state index contributed by atoms with van der Waals surface area (Å²) >= 11 is 0. The first-order chi connectivity index (χ1) is 12.1. The van der Waals surface area contributed by atoms with Crippen LogP contribution in [0.1, 0.15) is 18.9 Å². The second-order valence-corrected chi connectivity index (χ2v) is 5.65. The van der Waals surface area contributed by atoms with Gasteiger partial charge in [0, 0.05) is 0 Å². The molecule has 0 heterocycles. The lowest BCUT2D eigenvalue weighted by atomic mass is 10.2. The molecule has 0 fully saturated rings. The maximum atomic E-state index is 12.3. The molecule has 5 heteroatoms. The van der Waals surface area contributed by atoms with E-state index in [-0.39, 0.29) is 5.91 Å². The molecule has 1 atom stereocenters. The van der Waals surface area contributed by atoms with Crippen LogP contribution in [0.25, 0.3) is 0 Å². The van der Waals surface area contributed by atoms with Crippen LogP contribution in [0.5, 0.6) is 17.2 Å². The molecule has 25 heavy (non-hydrogen) atoms. The van der Waals surface area contributed by atoms with Gasteiger partial charge >= 0.3 is 0 Å². The van der Waals surface area contributed by atoms with Gasteiger partial charge in [-0.25, -0.2) is 0 Å². The van der Waals surface area contributed by atoms with E-state index in [1.165, 1.54) is 0 Å². The standard InChI is InChI=1S/C20H25NO4/c1-4-19(25-17-10-8-16(23-3)9-11-17)20(22)21-12-13-24-18-7-5-6-15(2)14-18/h5-11,14,19H,4,12-13H2,1-3H3,(H,21,22)/t19-/m0/s1. The summed E-state index contributed by atoms with van der Waals surface area (Å²) < 4.78 is 16.5. The number of carbonyl (C=O) groups excluding carboxylic acids is 1. The number of methoxy groups -OCH3 is 1. The van der Waals surface area contributed by atoms with Crippen LogP contribution in [0.2, 0.25) is 0 Å². The highest BCUT2D eigenvalue weighted by atomic mass is 16.5. The topological polar surface area (TPSA) is 56.8 Å². The van der Waals surface area contributed by atoms with Gasteiger partial charge in [-0.2, -0.15) is 0 Å². The van der Waals surface area contributed by atoms with E-state index in [1.54, 1.807) is 31.4 Å². The minimum Gasteiger partial charge on any atom is -0.497 e. The van der Waals surface area contributed by atoms with Gasteiger partial charge in [0.2, 0.25) is 0 Å². The zero-order valence-electron chi connectivity index (χ0n) is 15.0. The number of amides is 1. The van der Waals surface area contributed by atoms with Gasteiger partial charge in [0.25, 0.3) is 5.91 Å². The van der Waals surface area contributed by atoms with Crippen molar-refractivity contribution in [1.29, 1.82) is 0 Å². The van der Waals surface area contributed by atoms with Gasteiger partial charge in [-0.15, -0.1) is 0 Å². The van der Waals surface area contributed by atoms with Crippen molar-refractivity contribution in [2.24, 2.45) is 0 Å². The van der Waals surface area contributed by atoms with E-state index in [0.717, 1.165) is 17.1 Å². The number of ether oxygens (including phenoxy) is 3. The monoisotopic (exact) mass is 343 g/mol. The first-order valence-corrected chi connectivity index (χ1v) is 8.40. The molecule has 0 aliphatic heterocycles. The maximum absolute atomic E-state index is 12.3. The van der Waals surface area contributed by atoms with Crippen molar-refractivity contribution in [2.45, 2.75) is 26.4 Å². The number of nitrogens with one attached hydrogen (secondary N) is 1. The highest BCUT2D eigenvalue weighted by Crippen LogP contribution is 2.19. The molecule has 2 aromatic rings. The molecule has 0 saturated heterocycles. The van der Waals surface area contributed by atoms with Gasteiger partial charge < -0.3 is 19.5 Å². The number of hydrogen-bond acceptors (Lipinski definition) is 4. The van der Waals surface area contributed by atoms with Gasteiger partial charge in [0.05, 0.1) is 13.7 Å². The van der Waals surface area contributed by atoms with Crippen molar-refractivity contribution in [3.05, 3.63) is 54.1 Å². The van der Waals surface area contributed by atoms with Crippen molar-refractivity contribution < 1.29 is 19.0 Å². The lowest BCUT2D eigenvalue weighted by Crippen LogP contribution is -2.39. The van der Waals surface area contributed by atoms with Gasteiger partial charge in [-0.1, -0.05) is 19.1 Å². The first-order valence-electron chi connectivity index (χ1n) is 8.40. The van der Waals surface area contributed by atoms with E-state index < -0.39 is 6.10 Å². The summed E-state index contributed by atoms with van der Waals surface area (Å²) in [6.07, 6.45) is 0.0451. The Morgan fingerprint density at radius 1 is 1.08 bits per heavy atom. The lowest BCUT2D eigenvalue weighted by Gasteiger charge is -2.17. The predicted molar refractivity (Wildman–Crippen MR) is 97.4 cm³/mol. The Morgan fingerprint density at radius 2 is 1.80 bits per heavy atom. The normalized spacial score (nSPS) is 11.5. The van der Waals surface area contributed by atoms with Crippen LogP contribution in [0.4, 0.5) is 0 Å². The fraction of sp³-hybridized carbons (Fsp3) is 0.350. The number of aryl methyl sites for hydroxylation is 1. The molecule has 1 amide bonds. The Kier molecular flexibility index (Phi) is 7.14. The fourth-order valence-electron chi connectivity index (χ4n) is 2.30. The van der Waals surface area contributed by atoms with Crippen LogP contribution in [0.15, 0.2) is 48.5 Å². The van der Waals surface area contributed by atoms with Crippen LogP contribution in [0, 0.1) is 6.92 Å². The highest BCUT2D eigenvalue weighted by Gasteiger charge is 2.17. The summed E-state index contributed by atoms with van der Waals surface area (Å²) in [5.41, 5.74) is 1.14. The van der Waals surface area contributed by atoms with E-state index in [4.69, 9.17) is 14.2 Å². The van der Waals surface area contributed by atoms with Gasteiger partial charge in [-0.05, 0) is 55.3 Å². The number of carbonyl (C=O) groups is 1. The van der Waals surface area contributed by atoms with Crippen LogP contribution < -0.4 is 19.5 Å². The molecular weight excluding hydrogens is 318 g/mol. The van der Waals surface area contributed by atoms with Crippen molar-refractivity contribution in [2.75, 3.05) is 20.3 Å². The van der Waals surface area contributed by atoms with E-state index in [2.05, 4.69) is 5.32 Å². The van der Waals surface area contributed by atoms with Crippen molar-refractivity contribution in [1.82, 2.24) is 5.32 Å². The smallest absolute Gasteiger partial charge is 0.261 e. The zero-order valence-corrected chi connectivity index (χ0v) is 15.0. The molecule has 134 valence electrons. The summed E-state index contributed by atoms with van der Waals surface area (Å²) in [4.78, 5) is 12.3. The third-order valence-corrected chi connectivity index (χ3v) is 3.66. The minimum absolute atomic E-state index is 0.147. The fourth-order valence-corrected chi connectivity index (χ4v) is 2.30. The Labute approximate surface area is 148 Å². The molecule has 0 radical (unpaired) electrons. The van der Waals surface area contributed by atoms with Gasteiger partial charge in [0.1, 0.15) is 23.9 Å². The molecule has 1 N–H and O–H groups in total.